The van der Waals surface area contributed by atoms with Gasteiger partial charge in [-0.2, -0.15) is 0 Å². The summed E-state index contributed by atoms with van der Waals surface area (Å²) in [6.45, 7) is 2.05. The molecule has 2 aromatic carbocycles. The van der Waals surface area contributed by atoms with Gasteiger partial charge < -0.3 is 15.2 Å². The van der Waals surface area contributed by atoms with Crippen LogP contribution in [0.3, 0.4) is 0 Å². The monoisotopic (exact) mass is 257 g/mol. The lowest BCUT2D eigenvalue weighted by molar-refractivity contribution is 0.0350. The van der Waals surface area contributed by atoms with Crippen LogP contribution in [-0.4, -0.2) is 25.9 Å². The quantitative estimate of drug-likeness (QED) is 0.915. The maximum absolute atomic E-state index is 6.20. The molecule has 19 heavy (non-hydrogen) atoms. The van der Waals surface area contributed by atoms with E-state index in [4.69, 9.17) is 15.2 Å². The van der Waals surface area contributed by atoms with Crippen molar-refractivity contribution in [2.24, 2.45) is 5.73 Å². The summed E-state index contributed by atoms with van der Waals surface area (Å²) in [5.41, 5.74) is 7.32. The van der Waals surface area contributed by atoms with Crippen molar-refractivity contribution in [3.05, 3.63) is 48.0 Å². The summed E-state index contributed by atoms with van der Waals surface area (Å²) in [5, 5.41) is 2.46. The van der Waals surface area contributed by atoms with Crippen molar-refractivity contribution in [1.29, 1.82) is 0 Å². The van der Waals surface area contributed by atoms with Gasteiger partial charge in [0.15, 0.2) is 0 Å². The predicted molar refractivity (Wildman–Crippen MR) is 76.1 cm³/mol. The number of hydrogen-bond donors (Lipinski definition) is 1. The Bertz CT molecular complexity index is 549. The molecule has 1 aliphatic heterocycles. The summed E-state index contributed by atoms with van der Waals surface area (Å²) in [7, 11) is 0. The molecule has 0 spiro atoms. The van der Waals surface area contributed by atoms with E-state index in [1.165, 1.54) is 10.8 Å². The van der Waals surface area contributed by atoms with Gasteiger partial charge in [-0.05, 0) is 28.8 Å². The van der Waals surface area contributed by atoms with Crippen LogP contribution in [0.15, 0.2) is 42.5 Å². The molecule has 1 heterocycles. The molecule has 1 saturated heterocycles. The molecule has 3 nitrogen and oxygen atoms in total. The fourth-order valence-corrected chi connectivity index (χ4v) is 2.42. The lowest BCUT2D eigenvalue weighted by atomic mass is 10.0. The molecule has 2 aromatic rings. The molecule has 3 heteroatoms. The highest BCUT2D eigenvalue weighted by Gasteiger charge is 2.17. The van der Waals surface area contributed by atoms with Crippen LogP contribution in [-0.2, 0) is 9.47 Å². The third-order valence-corrected chi connectivity index (χ3v) is 3.60. The van der Waals surface area contributed by atoms with Crippen molar-refractivity contribution in [3.63, 3.8) is 0 Å². The molecule has 2 N–H and O–H groups in total. The molecule has 2 unspecified atom stereocenters. The molecule has 1 fully saturated rings. The van der Waals surface area contributed by atoms with E-state index in [1.54, 1.807) is 0 Å². The van der Waals surface area contributed by atoms with E-state index in [2.05, 4.69) is 30.3 Å². The van der Waals surface area contributed by atoms with Gasteiger partial charge in [0.2, 0.25) is 0 Å². The summed E-state index contributed by atoms with van der Waals surface area (Å²) in [5.74, 6) is 0. The molecular weight excluding hydrogens is 238 g/mol. The van der Waals surface area contributed by atoms with Gasteiger partial charge in [-0.3, -0.25) is 0 Å². The minimum absolute atomic E-state index is 0.0785. The number of benzene rings is 2. The van der Waals surface area contributed by atoms with Gasteiger partial charge in [0.1, 0.15) is 0 Å². The molecule has 3 rings (SSSR count). The number of ether oxygens (including phenoxy) is 2. The lowest BCUT2D eigenvalue weighted by Crippen LogP contribution is -2.22. The van der Waals surface area contributed by atoms with Crippen molar-refractivity contribution < 1.29 is 9.47 Å². The van der Waals surface area contributed by atoms with E-state index in [-0.39, 0.29) is 12.1 Å². The highest BCUT2D eigenvalue weighted by atomic mass is 16.5. The molecule has 0 saturated carbocycles. The first kappa shape index (κ1) is 12.6. The average molecular weight is 257 g/mol. The van der Waals surface area contributed by atoms with E-state index < -0.39 is 0 Å². The van der Waals surface area contributed by atoms with Crippen LogP contribution in [0.2, 0.25) is 0 Å². The fraction of sp³-hybridized carbons (Fsp3) is 0.375. The predicted octanol–water partition coefficient (Wildman–Crippen LogP) is 2.65. The van der Waals surface area contributed by atoms with Crippen molar-refractivity contribution in [2.75, 3.05) is 19.8 Å². The Morgan fingerprint density at radius 2 is 2.05 bits per heavy atom. The zero-order valence-corrected chi connectivity index (χ0v) is 10.9. The molecule has 0 radical (unpaired) electrons. The lowest BCUT2D eigenvalue weighted by Gasteiger charge is -2.16. The zero-order valence-electron chi connectivity index (χ0n) is 10.9. The second-order valence-corrected chi connectivity index (χ2v) is 5.03. The third-order valence-electron chi connectivity index (χ3n) is 3.60. The molecule has 1 aliphatic rings. The molecule has 0 amide bonds. The van der Waals surface area contributed by atoms with Crippen molar-refractivity contribution >= 4 is 10.8 Å². The van der Waals surface area contributed by atoms with Gasteiger partial charge >= 0.3 is 0 Å². The fourth-order valence-electron chi connectivity index (χ4n) is 2.42. The summed E-state index contributed by atoms with van der Waals surface area (Å²) < 4.78 is 11.1. The highest BCUT2D eigenvalue weighted by molar-refractivity contribution is 5.83. The number of fused-ring (bicyclic) bond motifs is 1. The van der Waals surface area contributed by atoms with Gasteiger partial charge in [0.05, 0.1) is 25.4 Å². The van der Waals surface area contributed by atoms with Gasteiger partial charge in [0, 0.05) is 6.61 Å². The second kappa shape index (κ2) is 5.70. The first-order chi connectivity index (χ1) is 9.33. The van der Waals surface area contributed by atoms with Crippen LogP contribution in [0.25, 0.3) is 10.8 Å². The van der Waals surface area contributed by atoms with Crippen molar-refractivity contribution in [2.45, 2.75) is 18.6 Å². The molecular formula is C16H19NO2. The average Bonchev–Trinajstić information content (AvgIpc) is 2.97. The van der Waals surface area contributed by atoms with Crippen molar-refractivity contribution in [3.8, 4) is 0 Å². The Morgan fingerprint density at radius 3 is 2.84 bits per heavy atom. The van der Waals surface area contributed by atoms with E-state index in [0.29, 0.717) is 13.2 Å². The van der Waals surface area contributed by atoms with Gasteiger partial charge in [-0.15, -0.1) is 0 Å². The Balaban J connectivity index is 1.68. The molecule has 2 atom stereocenters. The summed E-state index contributed by atoms with van der Waals surface area (Å²) >= 11 is 0. The van der Waals surface area contributed by atoms with Crippen LogP contribution in [0.5, 0.6) is 0 Å². The van der Waals surface area contributed by atoms with Crippen LogP contribution < -0.4 is 5.73 Å². The standard InChI is InChI=1S/C16H19NO2/c17-16(11-19-15-7-8-18-10-15)14-6-5-12-3-1-2-4-13(12)9-14/h1-6,9,15-16H,7-8,10-11,17H2. The maximum Gasteiger partial charge on any atom is 0.0831 e. The minimum atomic E-state index is -0.0785. The molecule has 0 bridgehead atoms. The smallest absolute Gasteiger partial charge is 0.0831 e. The van der Waals surface area contributed by atoms with E-state index in [1.807, 2.05) is 12.1 Å². The zero-order chi connectivity index (χ0) is 13.1. The topological polar surface area (TPSA) is 44.5 Å². The van der Waals surface area contributed by atoms with E-state index in [0.717, 1.165) is 18.6 Å². The highest BCUT2D eigenvalue weighted by Crippen LogP contribution is 2.20. The number of nitrogens with two attached hydrogens (primary N) is 1. The molecule has 0 aromatic heterocycles. The Kier molecular flexibility index (Phi) is 3.78. The molecule has 100 valence electrons. The Labute approximate surface area is 113 Å². The van der Waals surface area contributed by atoms with E-state index >= 15 is 0 Å². The minimum Gasteiger partial charge on any atom is -0.379 e. The van der Waals surface area contributed by atoms with E-state index in [9.17, 15) is 0 Å². The Hall–Kier alpha value is -1.42. The Morgan fingerprint density at radius 1 is 1.21 bits per heavy atom. The first-order valence-electron chi connectivity index (χ1n) is 6.76. The summed E-state index contributed by atoms with van der Waals surface area (Å²) in [6.07, 6.45) is 1.19. The van der Waals surface area contributed by atoms with Crippen LogP contribution in [0, 0.1) is 0 Å². The van der Waals surface area contributed by atoms with Crippen LogP contribution in [0.4, 0.5) is 0 Å². The number of hydrogen-bond acceptors (Lipinski definition) is 3. The molecule has 0 aliphatic carbocycles. The van der Waals surface area contributed by atoms with Gasteiger partial charge in [-0.25, -0.2) is 0 Å². The largest absolute Gasteiger partial charge is 0.379 e. The third kappa shape index (κ3) is 2.95. The van der Waals surface area contributed by atoms with Gasteiger partial charge in [-0.1, -0.05) is 36.4 Å². The van der Waals surface area contributed by atoms with Crippen LogP contribution >= 0.6 is 0 Å². The second-order valence-electron chi connectivity index (χ2n) is 5.03. The summed E-state index contributed by atoms with van der Waals surface area (Å²) in [4.78, 5) is 0. The number of rotatable bonds is 4. The first-order valence-corrected chi connectivity index (χ1v) is 6.76. The SMILES string of the molecule is NC(COC1CCOC1)c1ccc2ccccc2c1. The van der Waals surface area contributed by atoms with Gasteiger partial charge in [0.25, 0.3) is 0 Å². The van der Waals surface area contributed by atoms with Crippen LogP contribution in [0.1, 0.15) is 18.0 Å². The van der Waals surface area contributed by atoms with Crippen molar-refractivity contribution in [1.82, 2.24) is 0 Å². The maximum atomic E-state index is 6.20. The normalized spacial score (nSPS) is 20.8. The summed E-state index contributed by atoms with van der Waals surface area (Å²) in [6, 6.07) is 14.6.